The number of nitrogens with two attached hydrogens (primary N) is 1. The van der Waals surface area contributed by atoms with E-state index in [0.29, 0.717) is 12.0 Å². The summed E-state index contributed by atoms with van der Waals surface area (Å²) in [6.45, 7) is 5.19. The summed E-state index contributed by atoms with van der Waals surface area (Å²) in [6, 6.07) is 7.22. The zero-order chi connectivity index (χ0) is 12.3. The molecule has 1 saturated heterocycles. The Morgan fingerprint density at radius 2 is 1.83 bits per heavy atom. The van der Waals surface area contributed by atoms with E-state index in [2.05, 4.69) is 11.8 Å². The first kappa shape index (κ1) is 15.4. The molecule has 2 rings (SSSR count). The van der Waals surface area contributed by atoms with Gasteiger partial charge in [-0.1, -0.05) is 12.1 Å². The predicted molar refractivity (Wildman–Crippen MR) is 75.4 cm³/mol. The van der Waals surface area contributed by atoms with E-state index in [1.54, 1.807) is 12.1 Å². The summed E-state index contributed by atoms with van der Waals surface area (Å²) < 4.78 is 12.9. The Hall–Kier alpha value is -0.640. The van der Waals surface area contributed by atoms with Crippen LogP contribution in [0.15, 0.2) is 24.3 Å². The monoisotopic (exact) mass is 272 g/mol. The van der Waals surface area contributed by atoms with Crippen molar-refractivity contribution in [3.05, 3.63) is 35.6 Å². The zero-order valence-electron chi connectivity index (χ0n) is 10.8. The second kappa shape index (κ2) is 7.07. The minimum atomic E-state index is -0.164. The van der Waals surface area contributed by atoms with Crippen molar-refractivity contribution in [1.82, 2.24) is 4.90 Å². The van der Waals surface area contributed by atoms with Crippen LogP contribution in [-0.4, -0.2) is 24.5 Å². The lowest BCUT2D eigenvalue weighted by atomic mass is 9.95. The highest BCUT2D eigenvalue weighted by Gasteiger charge is 2.22. The topological polar surface area (TPSA) is 29.3 Å². The summed E-state index contributed by atoms with van der Waals surface area (Å²) >= 11 is 0. The van der Waals surface area contributed by atoms with Gasteiger partial charge in [0.25, 0.3) is 0 Å². The molecule has 1 aliphatic rings. The van der Waals surface area contributed by atoms with Crippen LogP contribution in [0.4, 0.5) is 4.39 Å². The van der Waals surface area contributed by atoms with E-state index in [0.717, 1.165) is 19.6 Å². The van der Waals surface area contributed by atoms with Crippen molar-refractivity contribution in [3.63, 3.8) is 0 Å². The fourth-order valence-corrected chi connectivity index (χ4v) is 2.53. The average Bonchev–Trinajstić information content (AvgIpc) is 2.39. The molecule has 0 amide bonds. The Balaban J connectivity index is 0.00000162. The first-order chi connectivity index (χ1) is 8.20. The zero-order valence-corrected chi connectivity index (χ0v) is 11.6. The maximum atomic E-state index is 12.9. The maximum Gasteiger partial charge on any atom is 0.123 e. The lowest BCUT2D eigenvalue weighted by Gasteiger charge is -2.35. The quantitative estimate of drug-likeness (QED) is 0.917. The number of rotatable bonds is 3. The molecule has 0 aliphatic carbocycles. The lowest BCUT2D eigenvalue weighted by molar-refractivity contribution is 0.143. The molecule has 1 unspecified atom stereocenters. The normalized spacial score (nSPS) is 19.3. The van der Waals surface area contributed by atoms with Gasteiger partial charge in [0.1, 0.15) is 5.82 Å². The molecule has 0 radical (unpaired) electrons. The van der Waals surface area contributed by atoms with E-state index in [1.807, 2.05) is 12.1 Å². The molecule has 1 aliphatic heterocycles. The number of likely N-dealkylation sites (tertiary alicyclic amines) is 1. The molecule has 4 heteroatoms. The Morgan fingerprint density at radius 1 is 1.28 bits per heavy atom. The van der Waals surface area contributed by atoms with Crippen molar-refractivity contribution in [2.24, 2.45) is 11.7 Å². The van der Waals surface area contributed by atoms with Crippen LogP contribution in [0.1, 0.15) is 31.4 Å². The van der Waals surface area contributed by atoms with E-state index in [4.69, 9.17) is 5.73 Å². The fraction of sp³-hybridized carbons (Fsp3) is 0.571. The molecule has 102 valence electrons. The molecule has 0 spiro atoms. The molecule has 0 aromatic heterocycles. The summed E-state index contributed by atoms with van der Waals surface area (Å²) in [7, 11) is 0. The third-order valence-corrected chi connectivity index (χ3v) is 3.88. The molecule has 1 atom stereocenters. The number of halogens is 2. The smallest absolute Gasteiger partial charge is 0.123 e. The number of piperidine rings is 1. The highest BCUT2D eigenvalue weighted by atomic mass is 35.5. The molecule has 1 aromatic rings. The van der Waals surface area contributed by atoms with Gasteiger partial charge in [0.15, 0.2) is 0 Å². The van der Waals surface area contributed by atoms with E-state index < -0.39 is 0 Å². The van der Waals surface area contributed by atoms with E-state index in [9.17, 15) is 4.39 Å². The molecular formula is C14H22ClFN2. The number of hydrogen-bond donors (Lipinski definition) is 1. The second-order valence-corrected chi connectivity index (χ2v) is 4.94. The van der Waals surface area contributed by atoms with Gasteiger partial charge < -0.3 is 5.73 Å². The Bertz CT molecular complexity index is 347. The van der Waals surface area contributed by atoms with Gasteiger partial charge >= 0.3 is 0 Å². The van der Waals surface area contributed by atoms with Crippen molar-refractivity contribution in [3.8, 4) is 0 Å². The van der Waals surface area contributed by atoms with Crippen LogP contribution in [0.2, 0.25) is 0 Å². The molecule has 0 bridgehead atoms. The van der Waals surface area contributed by atoms with Crippen molar-refractivity contribution in [2.75, 3.05) is 19.6 Å². The minimum Gasteiger partial charge on any atom is -0.330 e. The molecule has 18 heavy (non-hydrogen) atoms. The van der Waals surface area contributed by atoms with Crippen molar-refractivity contribution >= 4 is 12.4 Å². The summed E-state index contributed by atoms with van der Waals surface area (Å²) in [5.74, 6) is 0.523. The van der Waals surface area contributed by atoms with Crippen molar-refractivity contribution in [2.45, 2.75) is 25.8 Å². The Kier molecular flexibility index (Phi) is 6.06. The number of nitrogens with zero attached hydrogens (tertiary/aromatic N) is 1. The Morgan fingerprint density at radius 3 is 2.33 bits per heavy atom. The van der Waals surface area contributed by atoms with Crippen LogP contribution < -0.4 is 5.73 Å². The van der Waals surface area contributed by atoms with Gasteiger partial charge in [0, 0.05) is 6.04 Å². The third-order valence-electron chi connectivity index (χ3n) is 3.88. The molecular weight excluding hydrogens is 251 g/mol. The first-order valence-electron chi connectivity index (χ1n) is 6.40. The largest absolute Gasteiger partial charge is 0.330 e. The van der Waals surface area contributed by atoms with Gasteiger partial charge in [-0.2, -0.15) is 0 Å². The SMILES string of the molecule is CC(c1ccc(F)cc1)N1CCC(CN)CC1.Cl. The van der Waals surface area contributed by atoms with Crippen molar-refractivity contribution < 1.29 is 4.39 Å². The van der Waals surface area contributed by atoms with Gasteiger partial charge in [0.2, 0.25) is 0 Å². The van der Waals surface area contributed by atoms with E-state index in [1.165, 1.54) is 18.4 Å². The summed E-state index contributed by atoms with van der Waals surface area (Å²) in [6.07, 6.45) is 2.37. The summed E-state index contributed by atoms with van der Waals surface area (Å²) in [4.78, 5) is 2.46. The van der Waals surface area contributed by atoms with Crippen LogP contribution in [-0.2, 0) is 0 Å². The summed E-state index contributed by atoms with van der Waals surface area (Å²) in [5.41, 5.74) is 6.88. The Labute approximate surface area is 115 Å². The molecule has 1 fully saturated rings. The predicted octanol–water partition coefficient (Wildman–Crippen LogP) is 2.98. The standard InChI is InChI=1S/C14H21FN2.ClH/c1-11(13-2-4-14(15)5-3-13)17-8-6-12(10-16)7-9-17;/h2-5,11-12H,6-10,16H2,1H3;1H. The molecule has 2 N–H and O–H groups in total. The van der Waals surface area contributed by atoms with Crippen LogP contribution in [0.25, 0.3) is 0 Å². The van der Waals surface area contributed by atoms with Gasteiger partial charge in [-0.25, -0.2) is 4.39 Å². The number of benzene rings is 1. The highest BCUT2D eigenvalue weighted by Crippen LogP contribution is 2.26. The molecule has 2 nitrogen and oxygen atoms in total. The fourth-order valence-electron chi connectivity index (χ4n) is 2.53. The molecule has 1 heterocycles. The molecule has 1 aromatic carbocycles. The highest BCUT2D eigenvalue weighted by molar-refractivity contribution is 5.85. The van der Waals surface area contributed by atoms with Crippen molar-refractivity contribution in [1.29, 1.82) is 0 Å². The third kappa shape index (κ3) is 3.67. The first-order valence-corrected chi connectivity index (χ1v) is 6.40. The molecule has 0 saturated carbocycles. The number of hydrogen-bond acceptors (Lipinski definition) is 2. The van der Waals surface area contributed by atoms with Gasteiger partial charge in [-0.15, -0.1) is 12.4 Å². The van der Waals surface area contributed by atoms with E-state index in [-0.39, 0.29) is 18.2 Å². The van der Waals surface area contributed by atoms with E-state index >= 15 is 0 Å². The van der Waals surface area contributed by atoms with Crippen LogP contribution >= 0.6 is 12.4 Å². The van der Waals surface area contributed by atoms with Crippen LogP contribution in [0.5, 0.6) is 0 Å². The van der Waals surface area contributed by atoms with Gasteiger partial charge in [-0.3, -0.25) is 4.90 Å². The average molecular weight is 273 g/mol. The van der Waals surface area contributed by atoms with Gasteiger partial charge in [-0.05, 0) is 63.0 Å². The summed E-state index contributed by atoms with van der Waals surface area (Å²) in [5, 5.41) is 0. The lowest BCUT2D eigenvalue weighted by Crippen LogP contribution is -2.37. The van der Waals surface area contributed by atoms with Crippen LogP contribution in [0.3, 0.4) is 0 Å². The van der Waals surface area contributed by atoms with Crippen LogP contribution in [0, 0.1) is 11.7 Å². The maximum absolute atomic E-state index is 12.9. The van der Waals surface area contributed by atoms with Gasteiger partial charge in [0.05, 0.1) is 0 Å². The minimum absolute atomic E-state index is 0. The second-order valence-electron chi connectivity index (χ2n) is 4.94.